The van der Waals surface area contributed by atoms with Gasteiger partial charge >= 0.3 is 0 Å². The van der Waals surface area contributed by atoms with Crippen molar-refractivity contribution in [2.75, 3.05) is 26.2 Å². The molecular weight excluding hydrogens is 224 g/mol. The summed E-state index contributed by atoms with van der Waals surface area (Å²) in [6.45, 7) is 13.2. The standard InChI is InChI=1S/C15H32N2O/c1-5-7-17-10-13(9-15(18)12(3)4)8-14(11-17)16-6-2/h12-16,18H,5-11H2,1-4H3. The summed E-state index contributed by atoms with van der Waals surface area (Å²) in [5.41, 5.74) is 0. The van der Waals surface area contributed by atoms with E-state index in [1.807, 2.05) is 0 Å². The van der Waals surface area contributed by atoms with Gasteiger partial charge in [0.25, 0.3) is 0 Å². The lowest BCUT2D eigenvalue weighted by Gasteiger charge is -2.39. The second-order valence-electron chi connectivity index (χ2n) is 6.16. The highest BCUT2D eigenvalue weighted by Crippen LogP contribution is 2.23. The minimum Gasteiger partial charge on any atom is -0.393 e. The Morgan fingerprint density at radius 2 is 2.00 bits per heavy atom. The summed E-state index contributed by atoms with van der Waals surface area (Å²) in [5, 5.41) is 13.7. The van der Waals surface area contributed by atoms with Gasteiger partial charge in [-0.05, 0) is 44.2 Å². The molecule has 1 fully saturated rings. The van der Waals surface area contributed by atoms with Gasteiger partial charge in [0.1, 0.15) is 0 Å². The van der Waals surface area contributed by atoms with Crippen LogP contribution in [0.4, 0.5) is 0 Å². The van der Waals surface area contributed by atoms with Crippen molar-refractivity contribution in [3.05, 3.63) is 0 Å². The number of nitrogens with zero attached hydrogens (tertiary/aromatic N) is 1. The molecule has 0 saturated carbocycles. The molecule has 0 amide bonds. The Bertz CT molecular complexity index is 207. The Morgan fingerprint density at radius 1 is 1.28 bits per heavy atom. The molecule has 1 aliphatic rings. The van der Waals surface area contributed by atoms with E-state index in [0.29, 0.717) is 17.9 Å². The molecule has 1 rings (SSSR count). The van der Waals surface area contributed by atoms with Crippen LogP contribution in [0.15, 0.2) is 0 Å². The van der Waals surface area contributed by atoms with Crippen LogP contribution >= 0.6 is 0 Å². The maximum absolute atomic E-state index is 10.1. The molecule has 108 valence electrons. The minimum atomic E-state index is -0.140. The number of hydrogen-bond acceptors (Lipinski definition) is 3. The topological polar surface area (TPSA) is 35.5 Å². The van der Waals surface area contributed by atoms with E-state index in [1.165, 1.54) is 32.5 Å². The average Bonchev–Trinajstić information content (AvgIpc) is 2.29. The lowest BCUT2D eigenvalue weighted by Crippen LogP contribution is -2.50. The Labute approximate surface area is 113 Å². The molecule has 1 heterocycles. The third kappa shape index (κ3) is 5.25. The number of likely N-dealkylation sites (N-methyl/N-ethyl adjacent to an activating group) is 1. The molecule has 2 N–H and O–H groups in total. The number of hydrogen-bond donors (Lipinski definition) is 2. The molecule has 1 aliphatic heterocycles. The molecule has 3 atom stereocenters. The third-order valence-corrected chi connectivity index (χ3v) is 3.99. The summed E-state index contributed by atoms with van der Waals surface area (Å²) in [5.74, 6) is 1.02. The zero-order valence-corrected chi connectivity index (χ0v) is 12.7. The largest absolute Gasteiger partial charge is 0.393 e. The smallest absolute Gasteiger partial charge is 0.0566 e. The molecule has 3 nitrogen and oxygen atoms in total. The van der Waals surface area contributed by atoms with Gasteiger partial charge < -0.3 is 15.3 Å². The maximum Gasteiger partial charge on any atom is 0.0566 e. The first-order valence-corrected chi connectivity index (χ1v) is 7.70. The van der Waals surface area contributed by atoms with Crippen molar-refractivity contribution in [1.29, 1.82) is 0 Å². The summed E-state index contributed by atoms with van der Waals surface area (Å²) in [4.78, 5) is 2.56. The van der Waals surface area contributed by atoms with E-state index in [1.54, 1.807) is 0 Å². The Balaban J connectivity index is 2.49. The Morgan fingerprint density at radius 3 is 2.56 bits per heavy atom. The predicted molar refractivity (Wildman–Crippen MR) is 77.8 cm³/mol. The van der Waals surface area contributed by atoms with Gasteiger partial charge in [0, 0.05) is 19.1 Å². The van der Waals surface area contributed by atoms with Crippen LogP contribution in [0.25, 0.3) is 0 Å². The highest BCUT2D eigenvalue weighted by Gasteiger charge is 2.28. The quantitative estimate of drug-likeness (QED) is 0.732. The highest BCUT2D eigenvalue weighted by atomic mass is 16.3. The fourth-order valence-electron chi connectivity index (χ4n) is 3.02. The zero-order chi connectivity index (χ0) is 13.5. The summed E-state index contributed by atoms with van der Waals surface area (Å²) >= 11 is 0. The summed E-state index contributed by atoms with van der Waals surface area (Å²) in [6, 6.07) is 0.611. The van der Waals surface area contributed by atoms with Crippen molar-refractivity contribution in [2.24, 2.45) is 11.8 Å². The van der Waals surface area contributed by atoms with Crippen LogP contribution in [0.2, 0.25) is 0 Å². The molecule has 0 aliphatic carbocycles. The predicted octanol–water partition coefficient (Wildman–Crippen LogP) is 2.10. The fraction of sp³-hybridized carbons (Fsp3) is 1.00. The van der Waals surface area contributed by atoms with Gasteiger partial charge in [-0.1, -0.05) is 27.7 Å². The van der Waals surface area contributed by atoms with Gasteiger partial charge in [0.2, 0.25) is 0 Å². The monoisotopic (exact) mass is 256 g/mol. The highest BCUT2D eigenvalue weighted by molar-refractivity contribution is 4.84. The molecular formula is C15H32N2O. The van der Waals surface area contributed by atoms with Crippen LogP contribution in [0.3, 0.4) is 0 Å². The molecule has 0 bridgehead atoms. The zero-order valence-electron chi connectivity index (χ0n) is 12.7. The van der Waals surface area contributed by atoms with E-state index in [4.69, 9.17) is 0 Å². The first-order valence-electron chi connectivity index (χ1n) is 7.70. The van der Waals surface area contributed by atoms with Gasteiger partial charge in [0.05, 0.1) is 6.10 Å². The maximum atomic E-state index is 10.1. The molecule has 0 aromatic heterocycles. The van der Waals surface area contributed by atoms with Crippen LogP contribution in [0, 0.1) is 11.8 Å². The number of aliphatic hydroxyl groups excluding tert-OH is 1. The van der Waals surface area contributed by atoms with Crippen molar-refractivity contribution in [3.8, 4) is 0 Å². The van der Waals surface area contributed by atoms with Gasteiger partial charge in [0.15, 0.2) is 0 Å². The Hall–Kier alpha value is -0.120. The summed E-state index contributed by atoms with van der Waals surface area (Å²) in [7, 11) is 0. The molecule has 0 radical (unpaired) electrons. The van der Waals surface area contributed by atoms with E-state index < -0.39 is 0 Å². The summed E-state index contributed by atoms with van der Waals surface area (Å²) < 4.78 is 0. The fourth-order valence-corrected chi connectivity index (χ4v) is 3.02. The van der Waals surface area contributed by atoms with Crippen molar-refractivity contribution in [2.45, 2.75) is 59.1 Å². The van der Waals surface area contributed by atoms with Crippen LogP contribution in [-0.4, -0.2) is 48.3 Å². The van der Waals surface area contributed by atoms with Gasteiger partial charge in [-0.25, -0.2) is 0 Å². The number of rotatable bonds is 7. The third-order valence-electron chi connectivity index (χ3n) is 3.99. The van der Waals surface area contributed by atoms with Crippen LogP contribution in [0.1, 0.15) is 47.0 Å². The molecule has 1 saturated heterocycles. The van der Waals surface area contributed by atoms with Crippen molar-refractivity contribution >= 4 is 0 Å². The van der Waals surface area contributed by atoms with Crippen LogP contribution in [0.5, 0.6) is 0 Å². The molecule has 0 spiro atoms. The number of likely N-dealkylation sites (tertiary alicyclic amines) is 1. The molecule has 3 heteroatoms. The molecule has 18 heavy (non-hydrogen) atoms. The van der Waals surface area contributed by atoms with E-state index in [2.05, 4.69) is 37.9 Å². The lowest BCUT2D eigenvalue weighted by atomic mass is 9.86. The number of nitrogens with one attached hydrogen (secondary N) is 1. The average molecular weight is 256 g/mol. The van der Waals surface area contributed by atoms with E-state index >= 15 is 0 Å². The van der Waals surface area contributed by atoms with Gasteiger partial charge in [-0.3, -0.25) is 0 Å². The number of piperidine rings is 1. The molecule has 0 aromatic rings. The second kappa shape index (κ2) is 8.13. The van der Waals surface area contributed by atoms with Gasteiger partial charge in [-0.15, -0.1) is 0 Å². The van der Waals surface area contributed by atoms with E-state index in [9.17, 15) is 5.11 Å². The van der Waals surface area contributed by atoms with Crippen molar-refractivity contribution < 1.29 is 5.11 Å². The molecule has 0 aromatic carbocycles. The Kier molecular flexibility index (Phi) is 7.20. The molecule has 3 unspecified atom stereocenters. The van der Waals surface area contributed by atoms with E-state index in [-0.39, 0.29) is 6.10 Å². The SMILES string of the molecule is CCCN1CC(CC(O)C(C)C)CC(NCC)C1. The van der Waals surface area contributed by atoms with Gasteiger partial charge in [-0.2, -0.15) is 0 Å². The summed E-state index contributed by atoms with van der Waals surface area (Å²) in [6.07, 6.45) is 3.26. The van der Waals surface area contributed by atoms with E-state index in [0.717, 1.165) is 13.0 Å². The van der Waals surface area contributed by atoms with Crippen molar-refractivity contribution in [1.82, 2.24) is 10.2 Å². The van der Waals surface area contributed by atoms with Crippen LogP contribution in [-0.2, 0) is 0 Å². The second-order valence-corrected chi connectivity index (χ2v) is 6.16. The lowest BCUT2D eigenvalue weighted by molar-refractivity contribution is 0.0620. The van der Waals surface area contributed by atoms with Crippen molar-refractivity contribution in [3.63, 3.8) is 0 Å². The first kappa shape index (κ1) is 15.9. The van der Waals surface area contributed by atoms with Crippen LogP contribution < -0.4 is 5.32 Å². The number of aliphatic hydroxyl groups is 1. The first-order chi connectivity index (χ1) is 8.56. The minimum absolute atomic E-state index is 0.140. The normalized spacial score (nSPS) is 27.7.